The largest absolute Gasteiger partial charge is 0.392 e. The van der Waals surface area contributed by atoms with Crippen LogP contribution in [0.4, 0.5) is 5.69 Å². The van der Waals surface area contributed by atoms with E-state index in [4.69, 9.17) is 12.2 Å². The number of carbonyl (C=O) groups is 3. The Hall–Kier alpha value is -3.37. The van der Waals surface area contributed by atoms with Crippen LogP contribution in [0.15, 0.2) is 41.1 Å². The van der Waals surface area contributed by atoms with Gasteiger partial charge in [-0.2, -0.15) is 0 Å². The lowest BCUT2D eigenvalue weighted by Crippen LogP contribution is -2.59. The van der Waals surface area contributed by atoms with E-state index in [2.05, 4.69) is 68.6 Å². The number of hydrogen-bond donors (Lipinski definition) is 4. The second-order valence-electron chi connectivity index (χ2n) is 15.2. The Morgan fingerprint density at radius 2 is 1.56 bits per heavy atom. The molecule has 45 heavy (non-hydrogen) atoms. The molecular formula is C38H52N4O3. The van der Waals surface area contributed by atoms with E-state index in [1.807, 2.05) is 12.1 Å². The molecule has 1 aromatic rings. The minimum Gasteiger partial charge on any atom is -0.392 e. The van der Waals surface area contributed by atoms with Gasteiger partial charge in [-0.1, -0.05) is 58.1 Å². The van der Waals surface area contributed by atoms with Crippen LogP contribution in [-0.4, -0.2) is 31.3 Å². The fourth-order valence-corrected chi connectivity index (χ4v) is 10.1. The normalized spacial score (nSPS) is 34.5. The summed E-state index contributed by atoms with van der Waals surface area (Å²) in [5.41, 5.74) is 10.4. The predicted molar refractivity (Wildman–Crippen MR) is 180 cm³/mol. The number of nitrogens with one attached hydrogen (secondary N) is 3. The van der Waals surface area contributed by atoms with Crippen molar-refractivity contribution in [2.75, 3.05) is 18.9 Å². The Morgan fingerprint density at radius 3 is 2.18 bits per heavy atom. The van der Waals surface area contributed by atoms with E-state index in [0.717, 1.165) is 75.5 Å². The van der Waals surface area contributed by atoms with Crippen LogP contribution in [0, 0.1) is 40.4 Å². The molecule has 7 heteroatoms. The number of amides is 3. The van der Waals surface area contributed by atoms with E-state index < -0.39 is 10.8 Å². The number of allylic oxidation sites excluding steroid dienone is 4. The zero-order valence-corrected chi connectivity index (χ0v) is 28.1. The molecule has 3 amide bonds. The van der Waals surface area contributed by atoms with Crippen molar-refractivity contribution < 1.29 is 14.4 Å². The van der Waals surface area contributed by atoms with Gasteiger partial charge in [-0.05, 0) is 123 Å². The maximum Gasteiger partial charge on any atom is 0.238 e. The fraction of sp³-hybridized carbons (Fsp3) is 0.605. The summed E-state index contributed by atoms with van der Waals surface area (Å²) in [5, 5.41) is 8.93. The summed E-state index contributed by atoms with van der Waals surface area (Å²) in [7, 11) is 1.75. The molecular weight excluding hydrogens is 560 g/mol. The van der Waals surface area contributed by atoms with Gasteiger partial charge in [0.15, 0.2) is 0 Å². The molecule has 0 spiro atoms. The highest BCUT2D eigenvalue weighted by Crippen LogP contribution is 2.61. The lowest BCUT2D eigenvalue weighted by molar-refractivity contribution is -0.151. The molecule has 0 heterocycles. The number of terminal acetylenes is 1. The highest BCUT2D eigenvalue weighted by Gasteiger charge is 2.58. The summed E-state index contributed by atoms with van der Waals surface area (Å²) < 4.78 is 0. The van der Waals surface area contributed by atoms with Crippen molar-refractivity contribution in [2.45, 2.75) is 104 Å². The molecule has 2 saturated carbocycles. The summed E-state index contributed by atoms with van der Waals surface area (Å²) in [5.74, 6) is 2.35. The average molecular weight is 613 g/mol. The number of anilines is 1. The van der Waals surface area contributed by atoms with Gasteiger partial charge in [-0.15, -0.1) is 6.42 Å². The highest BCUT2D eigenvalue weighted by atomic mass is 16.2. The number of nitrogens with two attached hydrogens (primary N) is 1. The molecule has 6 atom stereocenters. The average Bonchev–Trinajstić information content (AvgIpc) is 2.99. The van der Waals surface area contributed by atoms with Crippen LogP contribution in [0.3, 0.4) is 0 Å². The zero-order chi connectivity index (χ0) is 32.8. The summed E-state index contributed by atoms with van der Waals surface area (Å²) in [6.07, 6.45) is 16.3. The third-order valence-corrected chi connectivity index (χ3v) is 12.5. The van der Waals surface area contributed by atoms with Crippen molar-refractivity contribution in [1.82, 2.24) is 10.6 Å². The Balaban J connectivity index is 1.40. The first-order valence-corrected chi connectivity index (χ1v) is 16.8. The van der Waals surface area contributed by atoms with Crippen molar-refractivity contribution in [2.24, 2.45) is 33.8 Å². The minimum absolute atomic E-state index is 0.0783. The smallest absolute Gasteiger partial charge is 0.238 e. The van der Waals surface area contributed by atoms with E-state index in [1.165, 1.54) is 16.7 Å². The molecule has 0 saturated heterocycles. The third kappa shape index (κ3) is 5.54. The van der Waals surface area contributed by atoms with Crippen LogP contribution in [0.2, 0.25) is 0 Å². The van der Waals surface area contributed by atoms with Crippen LogP contribution < -0.4 is 21.7 Å². The number of carbonyl (C=O) groups excluding carboxylic acids is 3. The molecule has 242 valence electrons. The molecule has 4 aliphatic carbocycles. The SMILES string of the molecule is C#C/C(N)=C\C1=C(C)CC[C@H]2[C@@](C)(C(=O)NC(=O)[C@@]3(C)CCC[C@]4(C)c5cc(NC(=O)CNC)ccc5CCC34)CCC[C@]12C. The molecule has 5 N–H and O–H groups in total. The molecule has 5 rings (SSSR count). The molecule has 1 unspecified atom stereocenters. The fourth-order valence-electron chi connectivity index (χ4n) is 10.1. The van der Waals surface area contributed by atoms with Gasteiger partial charge in [-0.3, -0.25) is 19.7 Å². The minimum atomic E-state index is -0.682. The molecule has 0 radical (unpaired) electrons. The summed E-state index contributed by atoms with van der Waals surface area (Å²) in [6.45, 7) is 11.1. The number of aryl methyl sites for hydroxylation is 1. The van der Waals surface area contributed by atoms with Gasteiger partial charge < -0.3 is 16.4 Å². The Bertz CT molecular complexity index is 1500. The van der Waals surface area contributed by atoms with Gasteiger partial charge in [0, 0.05) is 5.69 Å². The van der Waals surface area contributed by atoms with Crippen LogP contribution in [0.25, 0.3) is 0 Å². The van der Waals surface area contributed by atoms with Crippen LogP contribution >= 0.6 is 0 Å². The number of fused-ring (bicyclic) bond motifs is 4. The summed E-state index contributed by atoms with van der Waals surface area (Å²) >= 11 is 0. The van der Waals surface area contributed by atoms with Gasteiger partial charge in [0.25, 0.3) is 0 Å². The van der Waals surface area contributed by atoms with Crippen LogP contribution in [-0.2, 0) is 26.2 Å². The van der Waals surface area contributed by atoms with Gasteiger partial charge in [0.1, 0.15) is 0 Å². The van der Waals surface area contributed by atoms with Crippen LogP contribution in [0.5, 0.6) is 0 Å². The van der Waals surface area contributed by atoms with E-state index in [0.29, 0.717) is 5.70 Å². The van der Waals surface area contributed by atoms with Gasteiger partial charge in [0.2, 0.25) is 17.7 Å². The predicted octanol–water partition coefficient (Wildman–Crippen LogP) is 5.90. The number of hydrogen-bond acceptors (Lipinski definition) is 5. The highest BCUT2D eigenvalue weighted by molar-refractivity contribution is 6.01. The number of likely N-dealkylation sites (N-methyl/N-ethyl adjacent to an activating group) is 1. The Morgan fingerprint density at radius 1 is 0.956 bits per heavy atom. The van der Waals surface area contributed by atoms with E-state index in [9.17, 15) is 14.4 Å². The second-order valence-corrected chi connectivity index (χ2v) is 15.2. The van der Waals surface area contributed by atoms with E-state index >= 15 is 0 Å². The van der Waals surface area contributed by atoms with Crippen molar-refractivity contribution in [1.29, 1.82) is 0 Å². The molecule has 2 fully saturated rings. The first-order valence-electron chi connectivity index (χ1n) is 16.8. The number of rotatable bonds is 6. The summed E-state index contributed by atoms with van der Waals surface area (Å²) in [4.78, 5) is 41.1. The van der Waals surface area contributed by atoms with Crippen molar-refractivity contribution >= 4 is 23.4 Å². The van der Waals surface area contributed by atoms with Gasteiger partial charge >= 0.3 is 0 Å². The van der Waals surface area contributed by atoms with Gasteiger partial charge in [-0.25, -0.2) is 0 Å². The molecule has 4 aliphatic rings. The van der Waals surface area contributed by atoms with Gasteiger partial charge in [0.05, 0.1) is 23.1 Å². The second kappa shape index (κ2) is 12.1. The monoisotopic (exact) mass is 612 g/mol. The van der Waals surface area contributed by atoms with Crippen molar-refractivity contribution in [3.63, 3.8) is 0 Å². The third-order valence-electron chi connectivity index (χ3n) is 12.5. The van der Waals surface area contributed by atoms with E-state index in [-0.39, 0.29) is 46.9 Å². The standard InChI is InChI=1S/C38H52N4O3/c1-8-26(39)21-28-24(2)11-15-30-35(28,3)17-9-19-37(30,5)33(44)42-34(45)38(6)20-10-18-36(4)29-22-27(41-32(43)23-40-7)14-12-25(29)13-16-31(36)38/h1,12,14,21-22,30-31,40H,9-11,13,15-20,23,39H2,2-7H3,(H,41,43)(H,42,44,45)/b26-21+/t30-,31?,35-,36-,37+,38+/m1/s1. The van der Waals surface area contributed by atoms with Crippen molar-refractivity contribution in [3.8, 4) is 12.3 Å². The number of benzene rings is 1. The molecule has 1 aromatic carbocycles. The quantitative estimate of drug-likeness (QED) is 0.236. The molecule has 0 bridgehead atoms. The first kappa shape index (κ1) is 33.0. The zero-order valence-electron chi connectivity index (χ0n) is 28.1. The Kier molecular flexibility index (Phi) is 8.87. The summed E-state index contributed by atoms with van der Waals surface area (Å²) in [6, 6.07) is 6.22. The molecule has 0 aromatic heterocycles. The molecule has 7 nitrogen and oxygen atoms in total. The van der Waals surface area contributed by atoms with Crippen LogP contribution in [0.1, 0.15) is 104 Å². The topological polar surface area (TPSA) is 113 Å². The maximum atomic E-state index is 14.4. The lowest BCUT2D eigenvalue weighted by atomic mass is 9.49. The van der Waals surface area contributed by atoms with E-state index in [1.54, 1.807) is 7.05 Å². The lowest BCUT2D eigenvalue weighted by Gasteiger charge is -2.56. The first-order chi connectivity index (χ1) is 21.2. The molecule has 0 aliphatic heterocycles. The number of imide groups is 1. The maximum absolute atomic E-state index is 14.4. The van der Waals surface area contributed by atoms with Crippen molar-refractivity contribution in [3.05, 3.63) is 52.2 Å². The Labute approximate surface area is 269 Å².